The maximum Gasteiger partial charge on any atom is 0.268 e. The van der Waals surface area contributed by atoms with E-state index in [1.54, 1.807) is 0 Å². The smallest absolute Gasteiger partial charge is 0.268 e. The minimum absolute atomic E-state index is 0. The Bertz CT molecular complexity index is 5060. The normalized spacial score (nSPS) is 11.9. The van der Waals surface area contributed by atoms with Gasteiger partial charge in [-0.25, -0.2) is 4.98 Å². The van der Waals surface area contributed by atoms with Gasteiger partial charge in [0, 0.05) is 60.6 Å². The standard InChI is InChI=1S/C76H50N4O2.Pt/c1-76(2,3)52-39-40-77-72(44-52)80-68-33-15-14-29-61(68)62-37-36-55(46-70(62)80)81-54-24-16-23-53(45-54)78-47-79-73-56(30-17-31-63(73)59-27-12-10-25-57(59)58-26-11-13-28-60(58)64-32-18-34-69(78)74(64)79)50-35-38-71-66(41-50)67-43-51(48-19-6-4-7-20-48)42-65(75(67)82-71)49-21-8-5-9-22-49;/h4-44H,1-3H3;/q-2;. The molecule has 0 radical (unpaired) electrons. The quantitative estimate of drug-likeness (QED) is 0.118. The predicted molar refractivity (Wildman–Crippen MR) is 332 cm³/mol. The number of imidazole rings is 1. The number of hydrogen-bond acceptors (Lipinski definition) is 3. The molecule has 16 rings (SSSR count). The molecule has 6 nitrogen and oxygen atoms in total. The van der Waals surface area contributed by atoms with Crippen molar-refractivity contribution in [3.63, 3.8) is 0 Å². The van der Waals surface area contributed by atoms with Gasteiger partial charge in [-0.05, 0) is 126 Å². The van der Waals surface area contributed by atoms with E-state index in [1.807, 2.05) is 24.4 Å². The number of hydrogen-bond donors (Lipinski definition) is 0. The molecular formula is C76H50N4O2Pt-2. The van der Waals surface area contributed by atoms with Crippen LogP contribution in [0.5, 0.6) is 11.5 Å². The number of fused-ring (bicyclic) bond motifs is 13. The number of ether oxygens (including phenoxy) is 1. The molecule has 0 aliphatic carbocycles. The number of furan rings is 1. The van der Waals surface area contributed by atoms with Crippen molar-refractivity contribution < 1.29 is 34.8 Å². The third-order valence-corrected chi connectivity index (χ3v) is 16.3. The average Bonchev–Trinajstić information content (AvgIpc) is 3.52. The molecule has 0 bridgehead atoms. The monoisotopic (exact) mass is 1250 g/mol. The van der Waals surface area contributed by atoms with Crippen molar-refractivity contribution >= 4 is 54.8 Å². The zero-order valence-corrected chi connectivity index (χ0v) is 47.9. The summed E-state index contributed by atoms with van der Waals surface area (Å²) in [5.41, 5.74) is 21.9. The Morgan fingerprint density at radius 3 is 1.87 bits per heavy atom. The number of rotatable bonds is 7. The van der Waals surface area contributed by atoms with Crippen LogP contribution in [0, 0.1) is 18.5 Å². The van der Waals surface area contributed by atoms with Crippen molar-refractivity contribution in [3.05, 3.63) is 273 Å². The van der Waals surface area contributed by atoms with Gasteiger partial charge in [-0.2, -0.15) is 18.2 Å². The van der Waals surface area contributed by atoms with E-state index in [9.17, 15) is 0 Å². The second-order valence-electron chi connectivity index (χ2n) is 22.3. The minimum Gasteiger partial charge on any atom is -0.510 e. The fraction of sp³-hybridized carbons (Fsp3) is 0.0526. The zero-order valence-electron chi connectivity index (χ0n) is 45.6. The summed E-state index contributed by atoms with van der Waals surface area (Å²) >= 11 is 0. The zero-order chi connectivity index (χ0) is 54.6. The summed E-state index contributed by atoms with van der Waals surface area (Å²) in [6.07, 6.45) is 5.87. The van der Waals surface area contributed by atoms with E-state index >= 15 is 0 Å². The Morgan fingerprint density at radius 1 is 0.458 bits per heavy atom. The summed E-state index contributed by atoms with van der Waals surface area (Å²) in [5, 5.41) is 4.30. The van der Waals surface area contributed by atoms with Crippen LogP contribution >= 0.6 is 0 Å². The largest absolute Gasteiger partial charge is 0.510 e. The summed E-state index contributed by atoms with van der Waals surface area (Å²) in [6, 6.07) is 93.5. The van der Waals surface area contributed by atoms with Crippen LogP contribution in [0.2, 0.25) is 0 Å². The van der Waals surface area contributed by atoms with E-state index < -0.39 is 0 Å². The first kappa shape index (κ1) is 50.1. The maximum absolute atomic E-state index is 6.90. The number of para-hydroxylation sites is 3. The molecule has 0 atom stereocenters. The molecule has 0 unspecified atom stereocenters. The van der Waals surface area contributed by atoms with E-state index in [0.717, 1.165) is 139 Å². The van der Waals surface area contributed by atoms with Crippen LogP contribution in [0.3, 0.4) is 0 Å². The van der Waals surface area contributed by atoms with E-state index in [0.29, 0.717) is 11.5 Å². The topological polar surface area (TPSA) is 49.0 Å². The first-order valence-electron chi connectivity index (χ1n) is 27.8. The molecule has 11 aromatic carbocycles. The Kier molecular flexibility index (Phi) is 11.9. The SMILES string of the molecule is CC(C)(C)c1ccnc(-n2c3[c-]c(Oc4[c-]c(-n5[c-][n+]6c7c(cccc75)-c5ccccc5-c5ccccc5-c5cccc(-c7ccc8oc9c(-c%10ccccc%10)cc(-c%10ccccc%10)cc9c8c7)c5-6)ccc4)ccc3c3ccccc32)c1.[Pt]. The third-order valence-electron chi connectivity index (χ3n) is 16.3. The van der Waals surface area contributed by atoms with E-state index in [2.05, 4.69) is 277 Å². The van der Waals surface area contributed by atoms with Crippen LogP contribution in [0.4, 0.5) is 0 Å². The minimum atomic E-state index is -0.0522. The molecular weight excluding hydrogens is 1200 g/mol. The summed E-state index contributed by atoms with van der Waals surface area (Å²) < 4.78 is 20.3. The third kappa shape index (κ3) is 8.27. The summed E-state index contributed by atoms with van der Waals surface area (Å²) in [6.45, 7) is 6.69. The molecule has 4 aromatic heterocycles. The van der Waals surface area contributed by atoms with Crippen LogP contribution in [-0.4, -0.2) is 14.1 Å². The second kappa shape index (κ2) is 19.7. The average molecular weight is 1250 g/mol. The Hall–Kier alpha value is -9.87. The number of benzene rings is 11. The molecule has 0 fully saturated rings. The van der Waals surface area contributed by atoms with Crippen molar-refractivity contribution in [2.75, 3.05) is 0 Å². The molecule has 15 aromatic rings. The molecule has 1 aliphatic rings. The van der Waals surface area contributed by atoms with Gasteiger partial charge in [0.25, 0.3) is 6.33 Å². The molecule has 398 valence electrons. The van der Waals surface area contributed by atoms with Crippen LogP contribution < -0.4 is 9.30 Å². The maximum atomic E-state index is 6.90. The van der Waals surface area contributed by atoms with Gasteiger partial charge in [0.2, 0.25) is 0 Å². The van der Waals surface area contributed by atoms with Gasteiger partial charge in [-0.3, -0.25) is 4.57 Å². The number of nitrogens with zero attached hydrogens (tertiary/aromatic N) is 4. The molecule has 83 heavy (non-hydrogen) atoms. The fourth-order valence-corrected chi connectivity index (χ4v) is 12.5. The van der Waals surface area contributed by atoms with E-state index in [1.165, 1.54) is 5.56 Å². The Labute approximate surface area is 495 Å². The van der Waals surface area contributed by atoms with E-state index in [-0.39, 0.29) is 26.5 Å². The molecule has 0 saturated carbocycles. The molecule has 0 saturated heterocycles. The van der Waals surface area contributed by atoms with Crippen molar-refractivity contribution in [2.24, 2.45) is 0 Å². The molecule has 0 spiro atoms. The number of pyridine rings is 1. The fourth-order valence-electron chi connectivity index (χ4n) is 12.5. The van der Waals surface area contributed by atoms with Crippen molar-refractivity contribution in [2.45, 2.75) is 26.2 Å². The van der Waals surface area contributed by atoms with E-state index in [4.69, 9.17) is 14.1 Å². The van der Waals surface area contributed by atoms with Crippen LogP contribution in [-0.2, 0) is 26.5 Å². The summed E-state index contributed by atoms with van der Waals surface area (Å²) in [4.78, 5) is 4.91. The molecule has 0 N–H and O–H groups in total. The van der Waals surface area contributed by atoms with Gasteiger partial charge in [-0.1, -0.05) is 196 Å². The Balaban J connectivity index is 0.00000588. The predicted octanol–water partition coefficient (Wildman–Crippen LogP) is 19.1. The van der Waals surface area contributed by atoms with Gasteiger partial charge in [-0.15, -0.1) is 29.7 Å². The van der Waals surface area contributed by atoms with Gasteiger partial charge < -0.3 is 18.3 Å². The second-order valence-corrected chi connectivity index (χ2v) is 22.3. The molecule has 1 aliphatic heterocycles. The van der Waals surface area contributed by atoms with Gasteiger partial charge in [0.05, 0.1) is 16.7 Å². The van der Waals surface area contributed by atoms with Crippen LogP contribution in [0.15, 0.2) is 253 Å². The summed E-state index contributed by atoms with van der Waals surface area (Å²) in [7, 11) is 0. The molecule has 5 heterocycles. The Morgan fingerprint density at radius 2 is 1.08 bits per heavy atom. The molecule has 0 amide bonds. The summed E-state index contributed by atoms with van der Waals surface area (Å²) in [5.74, 6) is 1.96. The number of aromatic nitrogens is 4. The van der Waals surface area contributed by atoms with Crippen LogP contribution in [0.25, 0.3) is 139 Å². The van der Waals surface area contributed by atoms with Gasteiger partial charge >= 0.3 is 0 Å². The van der Waals surface area contributed by atoms with Gasteiger partial charge in [0.1, 0.15) is 17.0 Å². The van der Waals surface area contributed by atoms with Gasteiger partial charge in [0.15, 0.2) is 0 Å². The van der Waals surface area contributed by atoms with Crippen LogP contribution in [0.1, 0.15) is 26.3 Å². The first-order valence-corrected chi connectivity index (χ1v) is 27.8. The van der Waals surface area contributed by atoms with Crippen molar-refractivity contribution in [1.29, 1.82) is 0 Å². The van der Waals surface area contributed by atoms with Crippen molar-refractivity contribution in [1.82, 2.24) is 14.1 Å². The van der Waals surface area contributed by atoms with Crippen molar-refractivity contribution in [3.8, 4) is 95.5 Å². The molecule has 7 heteroatoms. The first-order chi connectivity index (χ1) is 40.3.